The van der Waals surface area contributed by atoms with Crippen molar-refractivity contribution in [3.63, 3.8) is 0 Å². The van der Waals surface area contributed by atoms with E-state index in [-0.39, 0.29) is 53.8 Å². The minimum absolute atomic E-state index is 0.0455. The molecule has 0 spiro atoms. The number of sulfonamides is 1. The van der Waals surface area contributed by atoms with Crippen molar-refractivity contribution >= 4 is 21.9 Å². The van der Waals surface area contributed by atoms with Crippen LogP contribution in [-0.2, 0) is 24.3 Å². The summed E-state index contributed by atoms with van der Waals surface area (Å²) >= 11 is 0. The fraction of sp³-hybridized carbons (Fsp3) is 0.400. The van der Waals surface area contributed by atoms with Crippen molar-refractivity contribution in [2.45, 2.75) is 18.7 Å². The van der Waals surface area contributed by atoms with Gasteiger partial charge in [-0.05, 0) is 26.0 Å². The number of carbonyl (C=O) groups excluding carboxylic acids is 2. The van der Waals surface area contributed by atoms with Crippen LogP contribution in [0.2, 0.25) is 0 Å². The standard InChI is InChI=1S/C20H22N4O7S/c1-14-20(15(2)31-22-14)32(27,28)24-9-7-23(8-10-24)18(25)12-30-19(26)13-29-17-6-4-3-5-16(17)11-21/h3-6H,7-10,12-13H2,1-2H3. The molecule has 2 heterocycles. The minimum atomic E-state index is -3.78. The van der Waals surface area contributed by atoms with E-state index in [1.54, 1.807) is 31.2 Å². The molecule has 1 fully saturated rings. The molecular weight excluding hydrogens is 440 g/mol. The zero-order valence-electron chi connectivity index (χ0n) is 17.6. The number of aromatic nitrogens is 1. The number of hydrogen-bond donors (Lipinski definition) is 0. The van der Waals surface area contributed by atoms with E-state index < -0.39 is 35.1 Å². The zero-order valence-corrected chi connectivity index (χ0v) is 18.4. The van der Waals surface area contributed by atoms with Crippen molar-refractivity contribution < 1.29 is 32.0 Å². The SMILES string of the molecule is Cc1noc(C)c1S(=O)(=O)N1CCN(C(=O)COC(=O)COc2ccccc2C#N)CC1. The van der Waals surface area contributed by atoms with Crippen molar-refractivity contribution in [2.75, 3.05) is 39.4 Å². The van der Waals surface area contributed by atoms with E-state index in [4.69, 9.17) is 19.3 Å². The molecule has 1 aromatic heterocycles. The third kappa shape index (κ3) is 5.06. The zero-order chi connectivity index (χ0) is 23.3. The van der Waals surface area contributed by atoms with Gasteiger partial charge in [0.15, 0.2) is 19.0 Å². The van der Waals surface area contributed by atoms with Gasteiger partial charge in [-0.25, -0.2) is 13.2 Å². The number of hydrogen-bond acceptors (Lipinski definition) is 9. The molecule has 3 rings (SSSR count). The first kappa shape index (κ1) is 23.2. The van der Waals surface area contributed by atoms with E-state index in [0.717, 1.165) is 0 Å². The monoisotopic (exact) mass is 462 g/mol. The van der Waals surface area contributed by atoms with Crippen molar-refractivity contribution in [2.24, 2.45) is 0 Å². The molecule has 2 aromatic rings. The molecule has 0 bridgehead atoms. The molecule has 1 amide bonds. The molecule has 1 aliphatic rings. The topological polar surface area (TPSA) is 143 Å². The van der Waals surface area contributed by atoms with E-state index in [0.29, 0.717) is 0 Å². The highest BCUT2D eigenvalue weighted by molar-refractivity contribution is 7.89. The lowest BCUT2D eigenvalue weighted by molar-refractivity contribution is -0.154. The molecule has 0 saturated carbocycles. The first-order chi connectivity index (χ1) is 15.2. The third-order valence-corrected chi connectivity index (χ3v) is 7.01. The number of nitriles is 1. The van der Waals surface area contributed by atoms with Gasteiger partial charge in [-0.3, -0.25) is 4.79 Å². The highest BCUT2D eigenvalue weighted by atomic mass is 32.2. The first-order valence-corrected chi connectivity index (χ1v) is 11.2. The molecule has 11 nitrogen and oxygen atoms in total. The molecular formula is C20H22N4O7S. The van der Waals surface area contributed by atoms with Gasteiger partial charge < -0.3 is 18.9 Å². The van der Waals surface area contributed by atoms with Crippen LogP contribution < -0.4 is 4.74 Å². The summed E-state index contributed by atoms with van der Waals surface area (Å²) in [4.78, 5) is 25.7. The van der Waals surface area contributed by atoms with Crippen LogP contribution >= 0.6 is 0 Å². The summed E-state index contributed by atoms with van der Waals surface area (Å²) in [6, 6.07) is 8.38. The van der Waals surface area contributed by atoms with Crippen LogP contribution in [0.5, 0.6) is 5.75 Å². The Bertz CT molecular complexity index is 1130. The maximum absolute atomic E-state index is 12.8. The number of rotatable bonds is 7. The number of piperazine rings is 1. The molecule has 0 N–H and O–H groups in total. The largest absolute Gasteiger partial charge is 0.481 e. The number of nitrogens with zero attached hydrogens (tertiary/aromatic N) is 4. The average molecular weight is 462 g/mol. The van der Waals surface area contributed by atoms with E-state index in [9.17, 15) is 18.0 Å². The predicted molar refractivity (Wildman–Crippen MR) is 109 cm³/mol. The lowest BCUT2D eigenvalue weighted by Crippen LogP contribution is -2.51. The van der Waals surface area contributed by atoms with E-state index >= 15 is 0 Å². The normalized spacial score (nSPS) is 14.6. The second-order valence-corrected chi connectivity index (χ2v) is 8.87. The molecule has 0 radical (unpaired) electrons. The van der Waals surface area contributed by atoms with Gasteiger partial charge in [0.05, 0.1) is 5.56 Å². The van der Waals surface area contributed by atoms with Crippen molar-refractivity contribution in [3.05, 3.63) is 41.3 Å². The summed E-state index contributed by atoms with van der Waals surface area (Å²) in [5.41, 5.74) is 0.563. The average Bonchev–Trinajstić information content (AvgIpc) is 3.14. The third-order valence-electron chi connectivity index (χ3n) is 4.87. The van der Waals surface area contributed by atoms with E-state index in [1.165, 1.54) is 16.1 Å². The summed E-state index contributed by atoms with van der Waals surface area (Å²) < 4.78 is 42.1. The summed E-state index contributed by atoms with van der Waals surface area (Å²) in [6.07, 6.45) is 0. The number of esters is 1. The maximum atomic E-state index is 12.8. The van der Waals surface area contributed by atoms with Gasteiger partial charge in [-0.15, -0.1) is 0 Å². The van der Waals surface area contributed by atoms with Crippen molar-refractivity contribution in [1.29, 1.82) is 5.26 Å². The number of benzene rings is 1. The number of carbonyl (C=O) groups is 2. The van der Waals surface area contributed by atoms with Crippen LogP contribution in [0.1, 0.15) is 17.0 Å². The Kier molecular flexibility index (Phi) is 7.12. The molecule has 1 aliphatic heterocycles. The quantitative estimate of drug-likeness (QED) is 0.541. The first-order valence-electron chi connectivity index (χ1n) is 9.72. The van der Waals surface area contributed by atoms with Gasteiger partial charge in [0.25, 0.3) is 5.91 Å². The van der Waals surface area contributed by atoms with E-state index in [2.05, 4.69) is 5.16 Å². The highest BCUT2D eigenvalue weighted by Gasteiger charge is 2.34. The molecule has 32 heavy (non-hydrogen) atoms. The molecule has 1 saturated heterocycles. The van der Waals surface area contributed by atoms with Crippen LogP contribution in [-0.4, -0.2) is 74.0 Å². The van der Waals surface area contributed by atoms with Gasteiger partial charge in [-0.1, -0.05) is 17.3 Å². The maximum Gasteiger partial charge on any atom is 0.344 e. The minimum Gasteiger partial charge on any atom is -0.481 e. The van der Waals surface area contributed by atoms with Gasteiger partial charge in [-0.2, -0.15) is 9.57 Å². The molecule has 12 heteroatoms. The molecule has 0 aliphatic carbocycles. The molecule has 0 atom stereocenters. The second-order valence-electron chi connectivity index (χ2n) is 7.00. The lowest BCUT2D eigenvalue weighted by atomic mass is 10.2. The summed E-state index contributed by atoms with van der Waals surface area (Å²) in [5, 5.41) is 12.7. The van der Waals surface area contributed by atoms with Gasteiger partial charge in [0.1, 0.15) is 22.4 Å². The fourth-order valence-corrected chi connectivity index (χ4v) is 4.96. The summed E-state index contributed by atoms with van der Waals surface area (Å²) in [6.45, 7) is 2.66. The summed E-state index contributed by atoms with van der Waals surface area (Å²) in [7, 11) is -3.78. The molecule has 0 unspecified atom stereocenters. The van der Waals surface area contributed by atoms with Crippen molar-refractivity contribution in [3.8, 4) is 11.8 Å². The summed E-state index contributed by atoms with van der Waals surface area (Å²) in [5.74, 6) is -0.739. The van der Waals surface area contributed by atoms with Crippen molar-refractivity contribution in [1.82, 2.24) is 14.4 Å². The van der Waals surface area contributed by atoms with E-state index in [1.807, 2.05) is 6.07 Å². The Hall–Kier alpha value is -3.43. The predicted octanol–water partition coefficient (Wildman–Crippen LogP) is 0.618. The Morgan fingerprint density at radius 3 is 2.47 bits per heavy atom. The van der Waals surface area contributed by atoms with Gasteiger partial charge in [0, 0.05) is 26.2 Å². The second kappa shape index (κ2) is 9.80. The van der Waals surface area contributed by atoms with Crippen LogP contribution in [0.15, 0.2) is 33.7 Å². The van der Waals surface area contributed by atoms with Gasteiger partial charge in [0.2, 0.25) is 10.0 Å². The van der Waals surface area contributed by atoms with Crippen LogP contribution in [0, 0.1) is 25.2 Å². The Morgan fingerprint density at radius 1 is 1.16 bits per heavy atom. The number of para-hydroxylation sites is 1. The van der Waals surface area contributed by atoms with Crippen LogP contribution in [0.3, 0.4) is 0 Å². The Morgan fingerprint density at radius 2 is 1.84 bits per heavy atom. The van der Waals surface area contributed by atoms with Crippen LogP contribution in [0.4, 0.5) is 0 Å². The smallest absolute Gasteiger partial charge is 0.344 e. The number of aryl methyl sites for hydroxylation is 2. The lowest BCUT2D eigenvalue weighted by Gasteiger charge is -2.33. The molecule has 170 valence electrons. The Labute approximate surface area is 185 Å². The highest BCUT2D eigenvalue weighted by Crippen LogP contribution is 2.24. The van der Waals surface area contributed by atoms with Gasteiger partial charge >= 0.3 is 5.97 Å². The Balaban J connectivity index is 1.46. The number of amides is 1. The van der Waals surface area contributed by atoms with Crippen LogP contribution in [0.25, 0.3) is 0 Å². The molecule has 1 aromatic carbocycles. The number of ether oxygens (including phenoxy) is 2. The fourth-order valence-electron chi connectivity index (χ4n) is 3.25.